The first-order valence-corrected chi connectivity index (χ1v) is 7.06. The number of nitrogens with one attached hydrogen (secondary N) is 2. The molecule has 1 aliphatic carbocycles. The lowest BCUT2D eigenvalue weighted by atomic mass is 9.95. The molecular formula is C14H20ClFN2. The van der Waals surface area contributed by atoms with Crippen molar-refractivity contribution in [2.45, 2.75) is 38.1 Å². The number of halogens is 2. The first-order chi connectivity index (χ1) is 8.75. The van der Waals surface area contributed by atoms with Crippen LogP contribution in [0.4, 0.5) is 10.1 Å². The van der Waals surface area contributed by atoms with Crippen molar-refractivity contribution in [2.24, 2.45) is 0 Å². The maximum Gasteiger partial charge on any atom is 0.141 e. The van der Waals surface area contributed by atoms with Gasteiger partial charge in [0.2, 0.25) is 0 Å². The molecule has 0 radical (unpaired) electrons. The van der Waals surface area contributed by atoms with Gasteiger partial charge in [-0.2, -0.15) is 0 Å². The second-order valence-electron chi connectivity index (χ2n) is 4.84. The molecule has 100 valence electrons. The number of anilines is 1. The average molecular weight is 271 g/mol. The number of hydrogen-bond acceptors (Lipinski definition) is 2. The molecule has 0 aliphatic heterocycles. The van der Waals surface area contributed by atoms with Crippen LogP contribution in [0.1, 0.15) is 32.1 Å². The van der Waals surface area contributed by atoms with Crippen molar-refractivity contribution in [3.63, 3.8) is 0 Å². The maximum absolute atomic E-state index is 13.0. The Morgan fingerprint density at radius 1 is 1.17 bits per heavy atom. The van der Waals surface area contributed by atoms with E-state index in [0.29, 0.717) is 6.04 Å². The Morgan fingerprint density at radius 3 is 2.67 bits per heavy atom. The molecule has 1 aromatic rings. The summed E-state index contributed by atoms with van der Waals surface area (Å²) in [6.07, 6.45) is 6.66. The van der Waals surface area contributed by atoms with E-state index in [1.807, 2.05) is 0 Å². The Morgan fingerprint density at radius 2 is 1.94 bits per heavy atom. The van der Waals surface area contributed by atoms with Crippen molar-refractivity contribution in [2.75, 3.05) is 18.4 Å². The predicted molar refractivity (Wildman–Crippen MR) is 74.8 cm³/mol. The van der Waals surface area contributed by atoms with Crippen molar-refractivity contribution in [1.29, 1.82) is 0 Å². The van der Waals surface area contributed by atoms with Crippen LogP contribution in [0.2, 0.25) is 5.02 Å². The molecule has 1 aliphatic rings. The van der Waals surface area contributed by atoms with Gasteiger partial charge in [0.25, 0.3) is 0 Å². The number of rotatable bonds is 5. The topological polar surface area (TPSA) is 24.1 Å². The zero-order chi connectivity index (χ0) is 12.8. The highest BCUT2D eigenvalue weighted by Gasteiger charge is 2.11. The molecule has 2 nitrogen and oxygen atoms in total. The lowest BCUT2D eigenvalue weighted by molar-refractivity contribution is 0.378. The molecule has 0 amide bonds. The van der Waals surface area contributed by atoms with Gasteiger partial charge in [-0.1, -0.05) is 30.9 Å². The summed E-state index contributed by atoms with van der Waals surface area (Å²) in [6, 6.07) is 5.40. The van der Waals surface area contributed by atoms with Crippen molar-refractivity contribution < 1.29 is 4.39 Å². The first kappa shape index (κ1) is 13.6. The van der Waals surface area contributed by atoms with Crippen LogP contribution >= 0.6 is 11.6 Å². The van der Waals surface area contributed by atoms with E-state index in [2.05, 4.69) is 10.6 Å². The molecule has 0 bridgehead atoms. The minimum Gasteiger partial charge on any atom is -0.384 e. The lowest BCUT2D eigenvalue weighted by Gasteiger charge is -2.23. The van der Waals surface area contributed by atoms with Gasteiger partial charge in [0.1, 0.15) is 5.82 Å². The molecule has 18 heavy (non-hydrogen) atoms. The SMILES string of the molecule is Fc1ccc(NCCNC2CCCCC2)cc1Cl. The third-order valence-electron chi connectivity index (χ3n) is 3.41. The highest BCUT2D eigenvalue weighted by Crippen LogP contribution is 2.19. The Kier molecular flexibility index (Phi) is 5.26. The van der Waals surface area contributed by atoms with Gasteiger partial charge in [-0.15, -0.1) is 0 Å². The number of benzene rings is 1. The normalized spacial score (nSPS) is 16.8. The van der Waals surface area contributed by atoms with Crippen LogP contribution in [0.3, 0.4) is 0 Å². The Labute approximate surface area is 113 Å². The Balaban J connectivity index is 1.66. The van der Waals surface area contributed by atoms with Crippen LogP contribution < -0.4 is 10.6 Å². The summed E-state index contributed by atoms with van der Waals surface area (Å²) in [5.74, 6) is -0.373. The van der Waals surface area contributed by atoms with Gasteiger partial charge in [-0.05, 0) is 31.0 Å². The van der Waals surface area contributed by atoms with Gasteiger partial charge in [-0.3, -0.25) is 0 Å². The summed E-state index contributed by atoms with van der Waals surface area (Å²) >= 11 is 5.72. The van der Waals surface area contributed by atoms with Crippen LogP contribution in [-0.2, 0) is 0 Å². The molecule has 0 spiro atoms. The summed E-state index contributed by atoms with van der Waals surface area (Å²) in [5, 5.41) is 6.95. The monoisotopic (exact) mass is 270 g/mol. The van der Waals surface area contributed by atoms with Crippen LogP contribution in [0.15, 0.2) is 18.2 Å². The number of hydrogen-bond donors (Lipinski definition) is 2. The summed E-state index contributed by atoms with van der Waals surface area (Å²) in [6.45, 7) is 1.76. The molecule has 0 saturated heterocycles. The molecule has 2 N–H and O–H groups in total. The Bertz CT molecular complexity index is 378. The summed E-state index contributed by atoms with van der Waals surface area (Å²) in [7, 11) is 0. The maximum atomic E-state index is 13.0. The van der Waals surface area contributed by atoms with Gasteiger partial charge >= 0.3 is 0 Å². The first-order valence-electron chi connectivity index (χ1n) is 6.68. The molecule has 1 fully saturated rings. The molecule has 1 saturated carbocycles. The van der Waals surface area contributed by atoms with Crippen LogP contribution in [0.25, 0.3) is 0 Å². The fraction of sp³-hybridized carbons (Fsp3) is 0.571. The third-order valence-corrected chi connectivity index (χ3v) is 3.70. The van der Waals surface area contributed by atoms with E-state index in [9.17, 15) is 4.39 Å². The molecule has 2 rings (SSSR count). The quantitative estimate of drug-likeness (QED) is 0.795. The van der Waals surface area contributed by atoms with Crippen LogP contribution in [-0.4, -0.2) is 19.1 Å². The largest absolute Gasteiger partial charge is 0.384 e. The summed E-state index contributed by atoms with van der Waals surface area (Å²) in [4.78, 5) is 0. The molecule has 0 atom stereocenters. The summed E-state index contributed by atoms with van der Waals surface area (Å²) in [5.41, 5.74) is 0.867. The average Bonchev–Trinajstić information content (AvgIpc) is 2.40. The van der Waals surface area contributed by atoms with Crippen LogP contribution in [0, 0.1) is 5.82 Å². The van der Waals surface area contributed by atoms with E-state index in [0.717, 1.165) is 18.8 Å². The lowest BCUT2D eigenvalue weighted by Crippen LogP contribution is -2.34. The highest BCUT2D eigenvalue weighted by atomic mass is 35.5. The van der Waals surface area contributed by atoms with Gasteiger partial charge < -0.3 is 10.6 Å². The van der Waals surface area contributed by atoms with E-state index in [1.54, 1.807) is 12.1 Å². The molecule has 0 unspecified atom stereocenters. The summed E-state index contributed by atoms with van der Waals surface area (Å²) < 4.78 is 13.0. The van der Waals surface area contributed by atoms with Gasteiger partial charge in [0, 0.05) is 24.8 Å². The standard InChI is InChI=1S/C14H20ClFN2/c15-13-10-12(6-7-14(13)16)18-9-8-17-11-4-2-1-3-5-11/h6-7,10-11,17-18H,1-5,8-9H2. The van der Waals surface area contributed by atoms with E-state index in [-0.39, 0.29) is 10.8 Å². The third kappa shape index (κ3) is 4.14. The molecular weight excluding hydrogens is 251 g/mol. The highest BCUT2D eigenvalue weighted by molar-refractivity contribution is 6.31. The van der Waals surface area contributed by atoms with Gasteiger partial charge in [-0.25, -0.2) is 4.39 Å². The van der Waals surface area contributed by atoms with E-state index in [4.69, 9.17) is 11.6 Å². The van der Waals surface area contributed by atoms with Crippen molar-refractivity contribution >= 4 is 17.3 Å². The fourth-order valence-corrected chi connectivity index (χ4v) is 2.58. The fourth-order valence-electron chi connectivity index (χ4n) is 2.40. The van der Waals surface area contributed by atoms with Crippen molar-refractivity contribution in [1.82, 2.24) is 5.32 Å². The van der Waals surface area contributed by atoms with Crippen molar-refractivity contribution in [3.8, 4) is 0 Å². The zero-order valence-corrected chi connectivity index (χ0v) is 11.3. The second-order valence-corrected chi connectivity index (χ2v) is 5.25. The predicted octanol–water partition coefficient (Wildman–Crippen LogP) is 3.81. The van der Waals surface area contributed by atoms with Crippen molar-refractivity contribution in [3.05, 3.63) is 29.0 Å². The molecule has 1 aromatic carbocycles. The van der Waals surface area contributed by atoms with Gasteiger partial charge in [0.15, 0.2) is 0 Å². The van der Waals surface area contributed by atoms with Crippen LogP contribution in [0.5, 0.6) is 0 Å². The minimum absolute atomic E-state index is 0.167. The smallest absolute Gasteiger partial charge is 0.141 e. The molecule has 0 aromatic heterocycles. The molecule has 0 heterocycles. The second kappa shape index (κ2) is 6.95. The Hall–Kier alpha value is -0.800. The zero-order valence-electron chi connectivity index (χ0n) is 10.5. The van der Waals surface area contributed by atoms with E-state index < -0.39 is 0 Å². The van der Waals surface area contributed by atoms with Gasteiger partial charge in [0.05, 0.1) is 5.02 Å². The minimum atomic E-state index is -0.373. The molecule has 4 heteroatoms. The van der Waals surface area contributed by atoms with E-state index >= 15 is 0 Å². The van der Waals surface area contributed by atoms with E-state index in [1.165, 1.54) is 38.2 Å².